The highest BCUT2D eigenvalue weighted by Gasteiger charge is 2.15. The van der Waals surface area contributed by atoms with Gasteiger partial charge in [0.15, 0.2) is 6.10 Å². The summed E-state index contributed by atoms with van der Waals surface area (Å²) in [5.74, 6) is 0.260. The molecule has 0 spiro atoms. The van der Waals surface area contributed by atoms with Crippen molar-refractivity contribution in [2.45, 2.75) is 20.0 Å². The van der Waals surface area contributed by atoms with Crippen LogP contribution in [0.1, 0.15) is 12.5 Å². The van der Waals surface area contributed by atoms with E-state index in [-0.39, 0.29) is 19.0 Å². The number of sulfonamides is 1. The van der Waals surface area contributed by atoms with Gasteiger partial charge in [-0.2, -0.15) is 0 Å². The summed E-state index contributed by atoms with van der Waals surface area (Å²) in [7, 11) is -3.25. The third-order valence-electron chi connectivity index (χ3n) is 2.60. The Balaban J connectivity index is 2.44. The molecule has 1 unspecified atom stereocenters. The lowest BCUT2D eigenvalue weighted by Crippen LogP contribution is -2.40. The Bertz CT molecular complexity index is 604. The fraction of sp³-hybridized carbons (Fsp3) is 0.462. The van der Waals surface area contributed by atoms with Gasteiger partial charge in [0.05, 0.1) is 6.26 Å². The summed E-state index contributed by atoms with van der Waals surface area (Å²) >= 11 is 5.85. The van der Waals surface area contributed by atoms with Crippen molar-refractivity contribution in [2.75, 3.05) is 19.3 Å². The SMILES string of the molecule is Cc1cc(Cl)ccc1OC(C)C(=O)NCCNS(C)(=O)=O. The second-order valence-electron chi connectivity index (χ2n) is 4.63. The van der Waals surface area contributed by atoms with Crippen molar-refractivity contribution in [1.29, 1.82) is 0 Å². The number of rotatable bonds is 7. The molecule has 8 heteroatoms. The van der Waals surface area contributed by atoms with Gasteiger partial charge in [-0.15, -0.1) is 0 Å². The molecule has 0 aromatic heterocycles. The normalized spacial score (nSPS) is 12.8. The van der Waals surface area contributed by atoms with Gasteiger partial charge in [-0.25, -0.2) is 13.1 Å². The molecule has 1 rings (SSSR count). The average Bonchev–Trinajstić information content (AvgIpc) is 2.36. The third-order valence-corrected chi connectivity index (χ3v) is 3.56. The molecule has 0 saturated heterocycles. The molecule has 0 aliphatic rings. The second kappa shape index (κ2) is 7.63. The van der Waals surface area contributed by atoms with Crippen LogP contribution in [0.5, 0.6) is 5.75 Å². The molecule has 1 atom stereocenters. The summed E-state index contributed by atoms with van der Waals surface area (Å²) in [5, 5.41) is 3.19. The topological polar surface area (TPSA) is 84.5 Å². The first kappa shape index (κ1) is 17.7. The van der Waals surface area contributed by atoms with Crippen LogP contribution in [0.4, 0.5) is 0 Å². The Kier molecular flexibility index (Phi) is 6.44. The maximum Gasteiger partial charge on any atom is 0.260 e. The predicted molar refractivity (Wildman–Crippen MR) is 82.1 cm³/mol. The average molecular weight is 335 g/mol. The summed E-state index contributed by atoms with van der Waals surface area (Å²) < 4.78 is 29.5. The summed E-state index contributed by atoms with van der Waals surface area (Å²) in [4.78, 5) is 11.8. The van der Waals surface area contributed by atoms with Crippen LogP contribution in [-0.4, -0.2) is 39.8 Å². The van der Waals surface area contributed by atoms with E-state index in [0.29, 0.717) is 10.8 Å². The molecule has 0 aliphatic carbocycles. The first-order chi connectivity index (χ1) is 9.69. The highest BCUT2D eigenvalue weighted by atomic mass is 35.5. The monoisotopic (exact) mass is 334 g/mol. The lowest BCUT2D eigenvalue weighted by Gasteiger charge is -2.16. The number of hydrogen-bond acceptors (Lipinski definition) is 4. The van der Waals surface area contributed by atoms with Crippen molar-refractivity contribution in [1.82, 2.24) is 10.0 Å². The van der Waals surface area contributed by atoms with E-state index in [1.807, 2.05) is 6.92 Å². The zero-order valence-corrected chi connectivity index (χ0v) is 13.7. The van der Waals surface area contributed by atoms with Crippen LogP contribution in [0.2, 0.25) is 5.02 Å². The third kappa shape index (κ3) is 6.79. The van der Waals surface area contributed by atoms with E-state index in [4.69, 9.17) is 16.3 Å². The Morgan fingerprint density at radius 1 is 1.38 bits per heavy atom. The van der Waals surface area contributed by atoms with Gasteiger partial charge >= 0.3 is 0 Å². The molecule has 0 bridgehead atoms. The van der Waals surface area contributed by atoms with Crippen molar-refractivity contribution < 1.29 is 17.9 Å². The Morgan fingerprint density at radius 3 is 2.62 bits per heavy atom. The maximum atomic E-state index is 11.8. The zero-order chi connectivity index (χ0) is 16.0. The van der Waals surface area contributed by atoms with Crippen LogP contribution in [0.25, 0.3) is 0 Å². The highest BCUT2D eigenvalue weighted by Crippen LogP contribution is 2.22. The van der Waals surface area contributed by atoms with Gasteiger partial charge in [0.25, 0.3) is 5.91 Å². The number of carbonyl (C=O) groups excluding carboxylic acids is 1. The largest absolute Gasteiger partial charge is 0.481 e. The van der Waals surface area contributed by atoms with E-state index in [9.17, 15) is 13.2 Å². The van der Waals surface area contributed by atoms with E-state index >= 15 is 0 Å². The number of aryl methyl sites for hydroxylation is 1. The summed E-state index contributed by atoms with van der Waals surface area (Å²) in [6, 6.07) is 5.13. The van der Waals surface area contributed by atoms with Gasteiger partial charge in [-0.05, 0) is 37.6 Å². The molecular formula is C13H19ClN2O4S. The molecule has 21 heavy (non-hydrogen) atoms. The van der Waals surface area contributed by atoms with Crippen molar-refractivity contribution in [3.05, 3.63) is 28.8 Å². The molecule has 1 amide bonds. The summed E-state index contributed by atoms with van der Waals surface area (Å²) in [6.45, 7) is 3.78. The van der Waals surface area contributed by atoms with Crippen LogP contribution in [0.3, 0.4) is 0 Å². The van der Waals surface area contributed by atoms with Crippen molar-refractivity contribution in [3.8, 4) is 5.75 Å². The molecule has 0 aliphatic heterocycles. The minimum absolute atomic E-state index is 0.136. The van der Waals surface area contributed by atoms with E-state index in [1.54, 1.807) is 25.1 Å². The molecular weight excluding hydrogens is 316 g/mol. The maximum absolute atomic E-state index is 11.8. The van der Waals surface area contributed by atoms with Crippen LogP contribution >= 0.6 is 11.6 Å². The van der Waals surface area contributed by atoms with Crippen molar-refractivity contribution in [3.63, 3.8) is 0 Å². The fourth-order valence-electron chi connectivity index (χ4n) is 1.55. The van der Waals surface area contributed by atoms with E-state index < -0.39 is 16.1 Å². The second-order valence-corrected chi connectivity index (χ2v) is 6.90. The Hall–Kier alpha value is -1.31. The number of hydrogen-bond donors (Lipinski definition) is 2. The Morgan fingerprint density at radius 2 is 2.05 bits per heavy atom. The molecule has 0 saturated carbocycles. The molecule has 6 nitrogen and oxygen atoms in total. The molecule has 0 heterocycles. The van der Waals surface area contributed by atoms with Crippen molar-refractivity contribution in [2.24, 2.45) is 0 Å². The van der Waals surface area contributed by atoms with Crippen LogP contribution < -0.4 is 14.8 Å². The smallest absolute Gasteiger partial charge is 0.260 e. The highest BCUT2D eigenvalue weighted by molar-refractivity contribution is 7.88. The fourth-order valence-corrected chi connectivity index (χ4v) is 2.25. The number of amides is 1. The molecule has 118 valence electrons. The minimum Gasteiger partial charge on any atom is -0.481 e. The van der Waals surface area contributed by atoms with Gasteiger partial charge in [-0.3, -0.25) is 4.79 Å². The first-order valence-corrected chi connectivity index (χ1v) is 8.61. The van der Waals surface area contributed by atoms with E-state index in [1.165, 1.54) is 0 Å². The number of halogens is 1. The van der Waals surface area contributed by atoms with Gasteiger partial charge in [0.1, 0.15) is 5.75 Å². The standard InChI is InChI=1S/C13H19ClN2O4S/c1-9-8-11(14)4-5-12(9)20-10(2)13(17)15-6-7-16-21(3,18)19/h4-5,8,10,16H,6-7H2,1-3H3,(H,15,17). The van der Waals surface area contributed by atoms with Crippen LogP contribution in [0, 0.1) is 6.92 Å². The number of nitrogens with one attached hydrogen (secondary N) is 2. The minimum atomic E-state index is -3.25. The molecule has 0 radical (unpaired) electrons. The number of carbonyl (C=O) groups is 1. The quantitative estimate of drug-likeness (QED) is 0.731. The lowest BCUT2D eigenvalue weighted by atomic mass is 10.2. The summed E-state index contributed by atoms with van der Waals surface area (Å²) in [5.41, 5.74) is 0.834. The van der Waals surface area contributed by atoms with Gasteiger partial charge < -0.3 is 10.1 Å². The summed E-state index contributed by atoms with van der Waals surface area (Å²) in [6.07, 6.45) is 0.368. The van der Waals surface area contributed by atoms with E-state index in [0.717, 1.165) is 11.8 Å². The predicted octanol–water partition coefficient (Wildman–Crippen LogP) is 1.08. The molecule has 1 aromatic rings. The molecule has 0 fully saturated rings. The van der Waals surface area contributed by atoms with Crippen molar-refractivity contribution >= 4 is 27.5 Å². The molecule has 1 aromatic carbocycles. The van der Waals surface area contributed by atoms with Crippen LogP contribution in [-0.2, 0) is 14.8 Å². The van der Waals surface area contributed by atoms with E-state index in [2.05, 4.69) is 10.0 Å². The first-order valence-electron chi connectivity index (χ1n) is 6.34. The van der Waals surface area contributed by atoms with Gasteiger partial charge in [-0.1, -0.05) is 11.6 Å². The van der Waals surface area contributed by atoms with Gasteiger partial charge in [0.2, 0.25) is 10.0 Å². The number of ether oxygens (including phenoxy) is 1. The zero-order valence-electron chi connectivity index (χ0n) is 12.1. The van der Waals surface area contributed by atoms with Crippen LogP contribution in [0.15, 0.2) is 18.2 Å². The lowest BCUT2D eigenvalue weighted by molar-refractivity contribution is -0.127. The Labute approximate surface area is 129 Å². The molecule has 2 N–H and O–H groups in total. The van der Waals surface area contributed by atoms with Gasteiger partial charge in [0, 0.05) is 18.1 Å². The number of benzene rings is 1.